The van der Waals surface area contributed by atoms with Crippen LogP contribution in [0.15, 0.2) is 16.7 Å². The molecule has 1 heterocycles. The van der Waals surface area contributed by atoms with Gasteiger partial charge in [0, 0.05) is 22.3 Å². The van der Waals surface area contributed by atoms with Crippen LogP contribution in [0, 0.1) is 6.92 Å². The third kappa shape index (κ3) is 1.45. The van der Waals surface area contributed by atoms with Crippen LogP contribution in [0.3, 0.4) is 0 Å². The molecule has 58 valence electrons. The minimum atomic E-state index is 0.756. The summed E-state index contributed by atoms with van der Waals surface area (Å²) >= 11 is 3.50. The summed E-state index contributed by atoms with van der Waals surface area (Å²) in [5.41, 5.74) is 2.47. The molecule has 0 aromatic carbocycles. The van der Waals surface area contributed by atoms with Crippen molar-refractivity contribution in [2.45, 2.75) is 25.7 Å². The molecule has 0 N–H and O–H groups in total. The number of hydrogen-bond donors (Lipinski definition) is 0. The monoisotopic (exact) mass is 211 g/mol. The zero-order valence-electron chi connectivity index (χ0n) is 6.47. The lowest BCUT2D eigenvalue weighted by atomic mass is 10.2. The molecule has 2 rings (SSSR count). The number of nitrogens with zero attached hydrogens (tertiary/aromatic N) is 1. The summed E-state index contributed by atoms with van der Waals surface area (Å²) in [4.78, 5) is 4.37. The van der Waals surface area contributed by atoms with E-state index in [4.69, 9.17) is 0 Å². The van der Waals surface area contributed by atoms with Crippen LogP contribution in [0.2, 0.25) is 0 Å². The fourth-order valence-electron chi connectivity index (χ4n) is 1.12. The Bertz CT molecular complexity index is 279. The summed E-state index contributed by atoms with van der Waals surface area (Å²) in [6, 6.07) is 2.15. The largest absolute Gasteiger partial charge is 0.261 e. The van der Waals surface area contributed by atoms with Gasteiger partial charge in [0.15, 0.2) is 0 Å². The maximum absolute atomic E-state index is 4.37. The van der Waals surface area contributed by atoms with Gasteiger partial charge >= 0.3 is 0 Å². The Hall–Kier alpha value is -0.370. The molecule has 0 amide bonds. The van der Waals surface area contributed by atoms with Crippen LogP contribution in [0.1, 0.15) is 30.0 Å². The van der Waals surface area contributed by atoms with Crippen LogP contribution in [0.25, 0.3) is 0 Å². The first-order valence-corrected chi connectivity index (χ1v) is 4.68. The van der Waals surface area contributed by atoms with Crippen molar-refractivity contribution < 1.29 is 0 Å². The molecule has 1 nitrogen and oxygen atoms in total. The van der Waals surface area contributed by atoms with E-state index < -0.39 is 0 Å². The summed E-state index contributed by atoms with van der Waals surface area (Å²) in [7, 11) is 0. The Morgan fingerprint density at radius 1 is 1.55 bits per heavy atom. The summed E-state index contributed by atoms with van der Waals surface area (Å²) in [6.45, 7) is 2.06. The predicted octanol–water partition coefficient (Wildman–Crippen LogP) is 3.03. The fourth-order valence-corrected chi connectivity index (χ4v) is 1.45. The minimum Gasteiger partial charge on any atom is -0.261 e. The average molecular weight is 212 g/mol. The number of rotatable bonds is 1. The lowest BCUT2D eigenvalue weighted by Gasteiger charge is -1.99. The van der Waals surface area contributed by atoms with Crippen LogP contribution in [-0.4, -0.2) is 4.98 Å². The standard InChI is InChI=1S/C9H10BrN/c1-6-5-11-9(4-8(6)10)7-2-3-7/h4-5,7H,2-3H2,1H3. The molecule has 0 saturated heterocycles. The molecule has 1 aliphatic carbocycles. The lowest BCUT2D eigenvalue weighted by Crippen LogP contribution is -1.87. The predicted molar refractivity (Wildman–Crippen MR) is 48.6 cm³/mol. The number of hydrogen-bond acceptors (Lipinski definition) is 1. The molecule has 1 aromatic heterocycles. The Morgan fingerprint density at radius 2 is 2.27 bits per heavy atom. The first-order valence-electron chi connectivity index (χ1n) is 3.89. The van der Waals surface area contributed by atoms with E-state index in [1.54, 1.807) is 0 Å². The molecule has 1 fully saturated rings. The summed E-state index contributed by atoms with van der Waals surface area (Å²) in [5.74, 6) is 0.756. The van der Waals surface area contributed by atoms with Crippen molar-refractivity contribution in [1.29, 1.82) is 0 Å². The van der Waals surface area contributed by atoms with Crippen molar-refractivity contribution in [3.63, 3.8) is 0 Å². The van der Waals surface area contributed by atoms with Crippen LogP contribution in [0.5, 0.6) is 0 Å². The SMILES string of the molecule is Cc1cnc(C2CC2)cc1Br. The van der Waals surface area contributed by atoms with Gasteiger partial charge in [-0.05, 0) is 31.4 Å². The van der Waals surface area contributed by atoms with E-state index in [9.17, 15) is 0 Å². The summed E-state index contributed by atoms with van der Waals surface area (Å²) in [6.07, 6.45) is 4.59. The van der Waals surface area contributed by atoms with Crippen LogP contribution < -0.4 is 0 Å². The zero-order valence-corrected chi connectivity index (χ0v) is 8.06. The lowest BCUT2D eigenvalue weighted by molar-refractivity contribution is 1.01. The van der Waals surface area contributed by atoms with E-state index in [2.05, 4.69) is 33.9 Å². The minimum absolute atomic E-state index is 0.756. The maximum atomic E-state index is 4.37. The Labute approximate surface area is 75.0 Å². The van der Waals surface area contributed by atoms with Crippen molar-refractivity contribution in [3.8, 4) is 0 Å². The van der Waals surface area contributed by atoms with Crippen LogP contribution >= 0.6 is 15.9 Å². The molecule has 2 heteroatoms. The molecule has 0 spiro atoms. The first-order chi connectivity index (χ1) is 5.27. The highest BCUT2D eigenvalue weighted by Crippen LogP contribution is 2.39. The van der Waals surface area contributed by atoms with Gasteiger partial charge in [0.25, 0.3) is 0 Å². The van der Waals surface area contributed by atoms with Gasteiger partial charge in [0.05, 0.1) is 0 Å². The molecule has 0 unspecified atom stereocenters. The molecule has 11 heavy (non-hydrogen) atoms. The van der Waals surface area contributed by atoms with Crippen molar-refractivity contribution in [3.05, 3.63) is 28.0 Å². The number of pyridine rings is 1. The normalized spacial score (nSPS) is 16.9. The summed E-state index contributed by atoms with van der Waals surface area (Å²) < 4.78 is 1.19. The number of aryl methyl sites for hydroxylation is 1. The number of halogens is 1. The van der Waals surface area contributed by atoms with E-state index in [0.717, 1.165) is 5.92 Å². The Kier molecular flexibility index (Phi) is 1.72. The van der Waals surface area contributed by atoms with Gasteiger partial charge in [0.1, 0.15) is 0 Å². The van der Waals surface area contributed by atoms with Gasteiger partial charge in [-0.15, -0.1) is 0 Å². The molecule has 1 aliphatic rings. The molecule has 1 aromatic rings. The highest BCUT2D eigenvalue weighted by molar-refractivity contribution is 9.10. The molecular formula is C9H10BrN. The van der Waals surface area contributed by atoms with E-state index in [1.807, 2.05) is 6.20 Å². The Balaban J connectivity index is 2.36. The molecular weight excluding hydrogens is 202 g/mol. The average Bonchev–Trinajstić information content (AvgIpc) is 2.77. The van der Waals surface area contributed by atoms with Gasteiger partial charge in [0.2, 0.25) is 0 Å². The number of aromatic nitrogens is 1. The van der Waals surface area contributed by atoms with Crippen molar-refractivity contribution in [1.82, 2.24) is 4.98 Å². The smallest absolute Gasteiger partial charge is 0.0445 e. The van der Waals surface area contributed by atoms with Crippen LogP contribution in [-0.2, 0) is 0 Å². The second kappa shape index (κ2) is 2.59. The maximum Gasteiger partial charge on any atom is 0.0445 e. The highest BCUT2D eigenvalue weighted by Gasteiger charge is 2.24. The quantitative estimate of drug-likeness (QED) is 0.697. The third-order valence-corrected chi connectivity index (χ3v) is 2.91. The van der Waals surface area contributed by atoms with Gasteiger partial charge in [-0.1, -0.05) is 15.9 Å². The molecule has 0 aliphatic heterocycles. The highest BCUT2D eigenvalue weighted by atomic mass is 79.9. The van der Waals surface area contributed by atoms with Crippen molar-refractivity contribution in [2.24, 2.45) is 0 Å². The topological polar surface area (TPSA) is 12.9 Å². The van der Waals surface area contributed by atoms with Gasteiger partial charge < -0.3 is 0 Å². The van der Waals surface area contributed by atoms with Gasteiger partial charge in [-0.25, -0.2) is 0 Å². The van der Waals surface area contributed by atoms with E-state index in [-0.39, 0.29) is 0 Å². The van der Waals surface area contributed by atoms with Gasteiger partial charge in [-0.3, -0.25) is 4.98 Å². The van der Waals surface area contributed by atoms with E-state index in [0.29, 0.717) is 0 Å². The van der Waals surface area contributed by atoms with E-state index in [1.165, 1.54) is 28.6 Å². The molecule has 0 radical (unpaired) electrons. The third-order valence-electron chi connectivity index (χ3n) is 2.05. The fraction of sp³-hybridized carbons (Fsp3) is 0.444. The van der Waals surface area contributed by atoms with Crippen molar-refractivity contribution >= 4 is 15.9 Å². The van der Waals surface area contributed by atoms with E-state index >= 15 is 0 Å². The summed E-state index contributed by atoms with van der Waals surface area (Å²) in [5, 5.41) is 0. The van der Waals surface area contributed by atoms with Crippen molar-refractivity contribution in [2.75, 3.05) is 0 Å². The van der Waals surface area contributed by atoms with Crippen LogP contribution in [0.4, 0.5) is 0 Å². The van der Waals surface area contributed by atoms with Gasteiger partial charge in [-0.2, -0.15) is 0 Å². The molecule has 0 atom stereocenters. The molecule has 0 bridgehead atoms. The molecule has 1 saturated carbocycles. The zero-order chi connectivity index (χ0) is 7.84. The first kappa shape index (κ1) is 7.29. The second-order valence-corrected chi connectivity index (χ2v) is 3.99. The second-order valence-electron chi connectivity index (χ2n) is 3.13. The Morgan fingerprint density at radius 3 is 2.82 bits per heavy atom.